The van der Waals surface area contributed by atoms with Crippen LogP contribution >= 0.6 is 15.9 Å². The van der Waals surface area contributed by atoms with Gasteiger partial charge in [0.2, 0.25) is 11.8 Å². The molecule has 0 aliphatic carbocycles. The predicted molar refractivity (Wildman–Crippen MR) is 103 cm³/mol. The van der Waals surface area contributed by atoms with Crippen LogP contribution in [0.4, 0.5) is 5.69 Å². The Morgan fingerprint density at radius 2 is 1.96 bits per heavy atom. The standard InChI is InChI=1S/C20H19BrN2O2/c1-13-7-8-18(17(21)11-13)22-20(25)12-19-16-6-4-3-5-15(16)9-10-23(19)14(2)24/h3-11,19H,12H2,1-2H3,(H,22,25). The predicted octanol–water partition coefficient (Wildman–Crippen LogP) is 4.66. The number of benzene rings is 2. The first-order valence-corrected chi connectivity index (χ1v) is 8.87. The van der Waals surface area contributed by atoms with Crippen LogP contribution in [-0.2, 0) is 9.59 Å². The smallest absolute Gasteiger partial charge is 0.226 e. The first-order chi connectivity index (χ1) is 12.0. The fraction of sp³-hybridized carbons (Fsp3) is 0.200. The third-order valence-corrected chi connectivity index (χ3v) is 4.90. The van der Waals surface area contributed by atoms with Crippen LogP contribution in [-0.4, -0.2) is 16.7 Å². The Hall–Kier alpha value is -2.40. The van der Waals surface area contributed by atoms with Crippen LogP contribution in [0.1, 0.15) is 36.1 Å². The zero-order chi connectivity index (χ0) is 18.0. The zero-order valence-corrected chi connectivity index (χ0v) is 15.7. The fourth-order valence-corrected chi connectivity index (χ4v) is 3.60. The Balaban J connectivity index is 1.82. The highest BCUT2D eigenvalue weighted by atomic mass is 79.9. The molecule has 1 N–H and O–H groups in total. The second-order valence-corrected chi connectivity index (χ2v) is 6.98. The quantitative estimate of drug-likeness (QED) is 0.816. The van der Waals surface area contributed by atoms with Gasteiger partial charge in [-0.05, 0) is 57.8 Å². The number of nitrogens with zero attached hydrogens (tertiary/aromatic N) is 1. The summed E-state index contributed by atoms with van der Waals surface area (Å²) in [6.45, 7) is 3.51. The third-order valence-electron chi connectivity index (χ3n) is 4.25. The number of aryl methyl sites for hydroxylation is 1. The summed E-state index contributed by atoms with van der Waals surface area (Å²) in [5.41, 5.74) is 3.86. The van der Waals surface area contributed by atoms with Crippen LogP contribution in [0.15, 0.2) is 53.1 Å². The Labute approximate surface area is 155 Å². The molecule has 1 unspecified atom stereocenters. The summed E-state index contributed by atoms with van der Waals surface area (Å²) < 4.78 is 0.841. The lowest BCUT2D eigenvalue weighted by molar-refractivity contribution is -0.129. The van der Waals surface area contributed by atoms with Gasteiger partial charge in [0, 0.05) is 17.6 Å². The van der Waals surface area contributed by atoms with Crippen LogP contribution in [0.2, 0.25) is 0 Å². The monoisotopic (exact) mass is 398 g/mol. The van der Waals surface area contributed by atoms with E-state index < -0.39 is 0 Å². The van der Waals surface area contributed by atoms with E-state index in [1.165, 1.54) is 6.92 Å². The summed E-state index contributed by atoms with van der Waals surface area (Å²) in [6, 6.07) is 13.3. The molecular formula is C20H19BrN2O2. The summed E-state index contributed by atoms with van der Waals surface area (Å²) in [4.78, 5) is 26.2. The Bertz CT molecular complexity index is 861. The van der Waals surface area contributed by atoms with Gasteiger partial charge in [-0.25, -0.2) is 0 Å². The van der Waals surface area contributed by atoms with Gasteiger partial charge in [0.25, 0.3) is 0 Å². The van der Waals surface area contributed by atoms with Crippen LogP contribution < -0.4 is 5.32 Å². The van der Waals surface area contributed by atoms with Crippen molar-refractivity contribution in [3.8, 4) is 0 Å². The Kier molecular flexibility index (Phi) is 5.04. The van der Waals surface area contributed by atoms with Crippen LogP contribution in [0.5, 0.6) is 0 Å². The van der Waals surface area contributed by atoms with E-state index in [1.807, 2.05) is 55.5 Å². The molecule has 1 aliphatic heterocycles. The van der Waals surface area contributed by atoms with Crippen LogP contribution in [0.3, 0.4) is 0 Å². The summed E-state index contributed by atoms with van der Waals surface area (Å²) in [5, 5.41) is 2.93. The van der Waals surface area contributed by atoms with Crippen molar-refractivity contribution in [3.63, 3.8) is 0 Å². The maximum Gasteiger partial charge on any atom is 0.226 e. The summed E-state index contributed by atoms with van der Waals surface area (Å²) in [5.74, 6) is -0.217. The maximum atomic E-state index is 12.6. The molecule has 1 heterocycles. The van der Waals surface area contributed by atoms with E-state index in [2.05, 4.69) is 21.2 Å². The highest BCUT2D eigenvalue weighted by Gasteiger charge is 2.28. The number of hydrogen-bond acceptors (Lipinski definition) is 2. The molecule has 3 rings (SSSR count). The summed E-state index contributed by atoms with van der Waals surface area (Å²) >= 11 is 3.47. The Morgan fingerprint density at radius 1 is 1.20 bits per heavy atom. The van der Waals surface area contributed by atoms with Gasteiger partial charge < -0.3 is 10.2 Å². The molecule has 2 aromatic carbocycles. The molecule has 1 aliphatic rings. The van der Waals surface area contributed by atoms with Gasteiger partial charge in [-0.2, -0.15) is 0 Å². The van der Waals surface area contributed by atoms with Gasteiger partial charge in [-0.15, -0.1) is 0 Å². The molecule has 4 nitrogen and oxygen atoms in total. The molecule has 1 atom stereocenters. The number of fused-ring (bicyclic) bond motifs is 1. The molecular weight excluding hydrogens is 380 g/mol. The van der Waals surface area contributed by atoms with Crippen LogP contribution in [0, 0.1) is 6.92 Å². The highest BCUT2D eigenvalue weighted by Crippen LogP contribution is 2.33. The van der Waals surface area contributed by atoms with Gasteiger partial charge in [0.05, 0.1) is 18.2 Å². The molecule has 0 radical (unpaired) electrons. The number of anilines is 1. The number of rotatable bonds is 3. The van der Waals surface area contributed by atoms with Gasteiger partial charge in [-0.1, -0.05) is 30.3 Å². The first-order valence-electron chi connectivity index (χ1n) is 8.08. The molecule has 2 amide bonds. The molecule has 5 heteroatoms. The van der Waals surface area contributed by atoms with Crippen LogP contribution in [0.25, 0.3) is 6.08 Å². The fourth-order valence-electron chi connectivity index (χ4n) is 3.01. The van der Waals surface area contributed by atoms with Crippen molar-refractivity contribution >= 4 is 39.5 Å². The minimum absolute atomic E-state index is 0.0833. The number of carbonyl (C=O) groups excluding carboxylic acids is 2. The zero-order valence-electron chi connectivity index (χ0n) is 14.1. The second kappa shape index (κ2) is 7.23. The SMILES string of the molecule is CC(=O)N1C=Cc2ccccc2C1CC(=O)Nc1ccc(C)cc1Br. The summed E-state index contributed by atoms with van der Waals surface area (Å²) in [6.07, 6.45) is 3.85. The number of carbonyl (C=O) groups is 2. The lowest BCUT2D eigenvalue weighted by atomic mass is 9.93. The minimum Gasteiger partial charge on any atom is -0.325 e. The molecule has 0 spiro atoms. The van der Waals surface area contributed by atoms with Gasteiger partial charge >= 0.3 is 0 Å². The van der Waals surface area contributed by atoms with E-state index in [4.69, 9.17) is 0 Å². The third kappa shape index (κ3) is 3.82. The van der Waals surface area contributed by atoms with E-state index in [0.29, 0.717) is 0 Å². The molecule has 0 aromatic heterocycles. The molecule has 0 fully saturated rings. The number of hydrogen-bond donors (Lipinski definition) is 1. The van der Waals surface area contributed by atoms with E-state index in [-0.39, 0.29) is 24.3 Å². The molecule has 25 heavy (non-hydrogen) atoms. The van der Waals surface area contributed by atoms with Gasteiger partial charge in [0.15, 0.2) is 0 Å². The number of amides is 2. The number of nitrogens with one attached hydrogen (secondary N) is 1. The van der Waals surface area contributed by atoms with Gasteiger partial charge in [0.1, 0.15) is 0 Å². The maximum absolute atomic E-state index is 12.6. The van der Waals surface area contributed by atoms with E-state index in [9.17, 15) is 9.59 Å². The molecule has 0 saturated carbocycles. The molecule has 0 bridgehead atoms. The van der Waals surface area contributed by atoms with Crippen molar-refractivity contribution in [2.75, 3.05) is 5.32 Å². The van der Waals surface area contributed by atoms with Crippen molar-refractivity contribution in [2.45, 2.75) is 26.3 Å². The van der Waals surface area contributed by atoms with Crippen molar-refractivity contribution in [1.82, 2.24) is 4.90 Å². The largest absolute Gasteiger partial charge is 0.325 e. The van der Waals surface area contributed by atoms with E-state index in [0.717, 1.165) is 26.9 Å². The minimum atomic E-state index is -0.303. The van der Waals surface area contributed by atoms with Crippen molar-refractivity contribution in [3.05, 3.63) is 69.8 Å². The topological polar surface area (TPSA) is 49.4 Å². The lowest BCUT2D eigenvalue weighted by Gasteiger charge is -2.32. The van der Waals surface area contributed by atoms with Crippen molar-refractivity contribution in [2.24, 2.45) is 0 Å². The van der Waals surface area contributed by atoms with Crippen molar-refractivity contribution in [1.29, 1.82) is 0 Å². The highest BCUT2D eigenvalue weighted by molar-refractivity contribution is 9.10. The molecule has 2 aromatic rings. The Morgan fingerprint density at radius 3 is 2.68 bits per heavy atom. The lowest BCUT2D eigenvalue weighted by Crippen LogP contribution is -2.33. The molecule has 0 saturated heterocycles. The first kappa shape index (κ1) is 17.4. The second-order valence-electron chi connectivity index (χ2n) is 6.12. The number of halogens is 1. The van der Waals surface area contributed by atoms with Gasteiger partial charge in [-0.3, -0.25) is 9.59 Å². The normalized spacial score (nSPS) is 15.6. The average Bonchev–Trinajstić information content (AvgIpc) is 2.57. The summed E-state index contributed by atoms with van der Waals surface area (Å²) in [7, 11) is 0. The molecule has 128 valence electrons. The van der Waals surface area contributed by atoms with E-state index in [1.54, 1.807) is 11.1 Å². The van der Waals surface area contributed by atoms with E-state index >= 15 is 0 Å². The average molecular weight is 399 g/mol. The van der Waals surface area contributed by atoms with Crippen molar-refractivity contribution < 1.29 is 9.59 Å².